The van der Waals surface area contributed by atoms with Crippen molar-refractivity contribution in [2.75, 3.05) is 4.90 Å². The largest absolute Gasteiger partial charge is 0.369 e. The van der Waals surface area contributed by atoms with E-state index in [1.165, 1.54) is 12.1 Å². The minimum absolute atomic E-state index is 0.149. The molecule has 0 bridgehead atoms. The van der Waals surface area contributed by atoms with Crippen molar-refractivity contribution in [1.82, 2.24) is 5.32 Å². The van der Waals surface area contributed by atoms with Gasteiger partial charge in [-0.1, -0.05) is 88.2 Å². The molecule has 1 unspecified atom stereocenters. The lowest BCUT2D eigenvalue weighted by molar-refractivity contribution is -0.136. The number of para-hydroxylation sites is 1. The summed E-state index contributed by atoms with van der Waals surface area (Å²) in [5.74, 6) is -2.63. The van der Waals surface area contributed by atoms with Crippen LogP contribution in [-0.4, -0.2) is 17.7 Å². The van der Waals surface area contributed by atoms with Crippen molar-refractivity contribution in [3.63, 3.8) is 0 Å². The Bertz CT molecular complexity index is 1360. The van der Waals surface area contributed by atoms with E-state index in [0.29, 0.717) is 24.1 Å². The quantitative estimate of drug-likeness (QED) is 0.304. The number of primary amides is 1. The van der Waals surface area contributed by atoms with Crippen LogP contribution >= 0.6 is 0 Å². The maximum Gasteiger partial charge on any atom is 0.254 e. The number of hydrogen-bond donors (Lipinski definition) is 2. The Morgan fingerprint density at radius 2 is 1.60 bits per heavy atom. The summed E-state index contributed by atoms with van der Waals surface area (Å²) in [7, 11) is 0. The van der Waals surface area contributed by atoms with Crippen molar-refractivity contribution in [1.29, 1.82) is 0 Å². The summed E-state index contributed by atoms with van der Waals surface area (Å²) in [5, 5.41) is 3.04. The van der Waals surface area contributed by atoms with Crippen molar-refractivity contribution >= 4 is 23.4 Å². The van der Waals surface area contributed by atoms with Gasteiger partial charge in [0.1, 0.15) is 11.9 Å². The van der Waals surface area contributed by atoms with Crippen molar-refractivity contribution in [2.45, 2.75) is 59.0 Å². The molecule has 40 heavy (non-hydrogen) atoms. The number of nitrogens with two attached hydrogens (primary N) is 1. The van der Waals surface area contributed by atoms with Gasteiger partial charge >= 0.3 is 0 Å². The molecule has 3 atom stereocenters. The van der Waals surface area contributed by atoms with Gasteiger partial charge in [0, 0.05) is 17.4 Å². The van der Waals surface area contributed by atoms with E-state index in [0.717, 1.165) is 29.5 Å². The van der Waals surface area contributed by atoms with Gasteiger partial charge in [0.25, 0.3) is 5.91 Å². The summed E-state index contributed by atoms with van der Waals surface area (Å²) >= 11 is 0. The van der Waals surface area contributed by atoms with Gasteiger partial charge in [0.15, 0.2) is 0 Å². The zero-order valence-electron chi connectivity index (χ0n) is 23.4. The average molecular weight is 544 g/mol. The molecule has 6 nitrogen and oxygen atoms in total. The molecule has 0 spiro atoms. The Hall–Kier alpha value is -4.00. The second-order valence-electron chi connectivity index (χ2n) is 11.0. The van der Waals surface area contributed by atoms with E-state index in [4.69, 9.17) is 5.73 Å². The average Bonchev–Trinajstić information content (AvgIpc) is 3.03. The number of fused-ring (bicyclic) bond motifs is 3. The second kappa shape index (κ2) is 12.9. The Morgan fingerprint density at radius 3 is 2.25 bits per heavy atom. The molecule has 7 heteroatoms. The first-order valence-corrected chi connectivity index (χ1v) is 14.0. The third-order valence-corrected chi connectivity index (χ3v) is 7.59. The summed E-state index contributed by atoms with van der Waals surface area (Å²) in [5.41, 5.74) is 9.66. The Kier molecular flexibility index (Phi) is 9.35. The number of halogens is 1. The third kappa shape index (κ3) is 6.41. The van der Waals surface area contributed by atoms with Crippen LogP contribution in [-0.2, 0) is 20.9 Å². The Balaban J connectivity index is 1.77. The van der Waals surface area contributed by atoms with E-state index in [1.54, 1.807) is 17.0 Å². The van der Waals surface area contributed by atoms with Gasteiger partial charge in [-0.2, -0.15) is 0 Å². The third-order valence-electron chi connectivity index (χ3n) is 7.59. The predicted octanol–water partition coefficient (Wildman–Crippen LogP) is 6.15. The van der Waals surface area contributed by atoms with Gasteiger partial charge in [0.05, 0.1) is 12.2 Å². The number of rotatable bonds is 11. The molecule has 0 saturated heterocycles. The van der Waals surface area contributed by atoms with E-state index >= 15 is 0 Å². The van der Waals surface area contributed by atoms with Crippen molar-refractivity contribution < 1.29 is 18.8 Å². The molecule has 0 radical (unpaired) electrons. The SMILES string of the molecule is CCCC[C@H](C(N)=O)[C@@H](CC(C)C)C(=O)NC1C(=O)N(Cc2ccc(F)cc2)c2ccccc2-c2ccccc21. The number of benzene rings is 3. The molecular weight excluding hydrogens is 505 g/mol. The molecule has 3 amide bonds. The van der Waals surface area contributed by atoms with E-state index < -0.39 is 23.8 Å². The summed E-state index contributed by atoms with van der Waals surface area (Å²) < 4.78 is 13.6. The summed E-state index contributed by atoms with van der Waals surface area (Å²) in [6.07, 6.45) is 2.66. The van der Waals surface area contributed by atoms with Gasteiger partial charge in [0.2, 0.25) is 11.8 Å². The fraction of sp³-hybridized carbons (Fsp3) is 0.364. The molecule has 0 aliphatic carbocycles. The number of hydrogen-bond acceptors (Lipinski definition) is 3. The van der Waals surface area contributed by atoms with Crippen molar-refractivity contribution in [2.24, 2.45) is 23.5 Å². The number of nitrogens with one attached hydrogen (secondary N) is 1. The summed E-state index contributed by atoms with van der Waals surface area (Å²) in [4.78, 5) is 42.5. The van der Waals surface area contributed by atoms with Crippen LogP contribution in [0, 0.1) is 23.6 Å². The normalized spacial score (nSPS) is 16.1. The van der Waals surface area contributed by atoms with E-state index in [-0.39, 0.29) is 30.1 Å². The minimum atomic E-state index is -0.981. The number of carbonyl (C=O) groups is 3. The van der Waals surface area contributed by atoms with Gasteiger partial charge in [-0.15, -0.1) is 0 Å². The summed E-state index contributed by atoms with van der Waals surface area (Å²) in [6.45, 7) is 6.24. The molecule has 0 aromatic heterocycles. The van der Waals surface area contributed by atoms with Crippen LogP contribution in [0.3, 0.4) is 0 Å². The van der Waals surface area contributed by atoms with E-state index in [2.05, 4.69) is 5.32 Å². The lowest BCUT2D eigenvalue weighted by atomic mass is 9.81. The van der Waals surface area contributed by atoms with Gasteiger partial charge in [-0.25, -0.2) is 4.39 Å². The van der Waals surface area contributed by atoms with Crippen molar-refractivity contribution in [3.05, 3.63) is 89.7 Å². The Morgan fingerprint density at radius 1 is 0.950 bits per heavy atom. The highest BCUT2D eigenvalue weighted by Crippen LogP contribution is 2.41. The highest BCUT2D eigenvalue weighted by atomic mass is 19.1. The fourth-order valence-corrected chi connectivity index (χ4v) is 5.59. The van der Waals surface area contributed by atoms with Crippen LogP contribution in [0.25, 0.3) is 11.1 Å². The maximum absolute atomic E-state index is 14.3. The van der Waals surface area contributed by atoms with Crippen molar-refractivity contribution in [3.8, 4) is 11.1 Å². The maximum atomic E-state index is 14.3. The molecule has 1 heterocycles. The van der Waals surface area contributed by atoms with E-state index in [9.17, 15) is 18.8 Å². The fourth-order valence-electron chi connectivity index (χ4n) is 5.59. The van der Waals surface area contributed by atoms with Crippen LogP contribution in [0.15, 0.2) is 72.8 Å². The zero-order valence-corrected chi connectivity index (χ0v) is 23.4. The number of anilines is 1. The molecular formula is C33H38FN3O3. The zero-order chi connectivity index (χ0) is 28.8. The van der Waals surface area contributed by atoms with Crippen LogP contribution in [0.1, 0.15) is 63.6 Å². The van der Waals surface area contributed by atoms with Gasteiger partial charge in [-0.3, -0.25) is 14.4 Å². The molecule has 3 N–H and O–H groups in total. The first-order valence-electron chi connectivity index (χ1n) is 14.0. The van der Waals surface area contributed by atoms with Crippen LogP contribution < -0.4 is 16.0 Å². The standard InChI is InChI=1S/C33H38FN3O3/c1-4-5-10-27(31(35)38)28(19-21(2)3)32(39)36-30-26-13-7-6-11-24(26)25-12-8-9-14-29(25)37(33(30)40)20-22-15-17-23(34)18-16-22/h6-9,11-18,21,27-28,30H,4-5,10,19-20H2,1-3H3,(H2,35,38)(H,36,39)/t27-,28+,30?/m0/s1. The number of nitrogens with zero attached hydrogens (tertiary/aromatic N) is 1. The number of carbonyl (C=O) groups excluding carboxylic acids is 3. The molecule has 1 aliphatic heterocycles. The highest BCUT2D eigenvalue weighted by Gasteiger charge is 2.39. The lowest BCUT2D eigenvalue weighted by Crippen LogP contribution is -2.47. The van der Waals surface area contributed by atoms with E-state index in [1.807, 2.05) is 69.3 Å². The van der Waals surface area contributed by atoms with Gasteiger partial charge in [-0.05, 0) is 53.6 Å². The van der Waals surface area contributed by atoms with Crippen LogP contribution in [0.5, 0.6) is 0 Å². The molecule has 210 valence electrons. The lowest BCUT2D eigenvalue weighted by Gasteiger charge is -2.30. The molecule has 1 aliphatic rings. The molecule has 4 rings (SSSR count). The first-order chi connectivity index (χ1) is 19.2. The number of unbranched alkanes of at least 4 members (excludes halogenated alkanes) is 1. The highest BCUT2D eigenvalue weighted by molar-refractivity contribution is 6.06. The smallest absolute Gasteiger partial charge is 0.254 e. The first kappa shape index (κ1) is 29.0. The second-order valence-corrected chi connectivity index (χ2v) is 11.0. The Labute approximate surface area is 235 Å². The number of amides is 3. The monoisotopic (exact) mass is 543 g/mol. The predicted molar refractivity (Wildman–Crippen MR) is 156 cm³/mol. The van der Waals surface area contributed by atoms with Crippen LogP contribution in [0.2, 0.25) is 0 Å². The minimum Gasteiger partial charge on any atom is -0.369 e. The molecule has 0 fully saturated rings. The van der Waals surface area contributed by atoms with Crippen LogP contribution in [0.4, 0.5) is 10.1 Å². The molecule has 3 aromatic rings. The summed E-state index contributed by atoms with van der Waals surface area (Å²) in [6, 6.07) is 20.2. The van der Waals surface area contributed by atoms with Gasteiger partial charge < -0.3 is 16.0 Å². The molecule has 3 aromatic carbocycles. The topological polar surface area (TPSA) is 92.5 Å². The molecule has 0 saturated carbocycles.